The lowest BCUT2D eigenvalue weighted by atomic mass is 10.1. The van der Waals surface area contributed by atoms with Crippen molar-refractivity contribution in [3.63, 3.8) is 0 Å². The number of halogens is 4. The fourth-order valence-electron chi connectivity index (χ4n) is 3.18. The van der Waals surface area contributed by atoms with Crippen LogP contribution < -0.4 is 4.90 Å². The Morgan fingerprint density at radius 2 is 1.79 bits per heavy atom. The molecule has 0 radical (unpaired) electrons. The van der Waals surface area contributed by atoms with Crippen molar-refractivity contribution in [3.8, 4) is 0 Å². The van der Waals surface area contributed by atoms with E-state index in [1.165, 1.54) is 18.2 Å². The third-order valence-corrected chi connectivity index (χ3v) is 4.97. The molecule has 1 saturated heterocycles. The number of piperazine rings is 1. The second-order valence-electron chi connectivity index (χ2n) is 6.70. The first-order valence-corrected chi connectivity index (χ1v) is 9.27. The number of hydrogen-bond donors (Lipinski definition) is 0. The first-order chi connectivity index (χ1) is 13.2. The molecule has 1 aliphatic rings. The maximum Gasteiger partial charge on any atom is 0.416 e. The molecule has 28 heavy (non-hydrogen) atoms. The van der Waals surface area contributed by atoms with Gasteiger partial charge in [0.1, 0.15) is 0 Å². The van der Waals surface area contributed by atoms with Crippen LogP contribution >= 0.6 is 11.6 Å². The highest BCUT2D eigenvalue weighted by atomic mass is 35.5. The summed E-state index contributed by atoms with van der Waals surface area (Å²) in [5.41, 5.74) is 1.79. The van der Waals surface area contributed by atoms with Gasteiger partial charge < -0.3 is 9.80 Å². The Morgan fingerprint density at radius 3 is 2.46 bits per heavy atom. The van der Waals surface area contributed by atoms with Crippen molar-refractivity contribution < 1.29 is 18.0 Å². The average Bonchev–Trinajstić information content (AvgIpc) is 2.68. The number of benzene rings is 2. The van der Waals surface area contributed by atoms with Crippen LogP contribution in [0.1, 0.15) is 16.7 Å². The molecule has 3 nitrogen and oxygen atoms in total. The molecule has 0 saturated carbocycles. The van der Waals surface area contributed by atoms with Gasteiger partial charge >= 0.3 is 6.18 Å². The van der Waals surface area contributed by atoms with Crippen molar-refractivity contribution in [1.29, 1.82) is 0 Å². The Hall–Kier alpha value is -2.47. The van der Waals surface area contributed by atoms with E-state index in [0.717, 1.165) is 23.4 Å². The van der Waals surface area contributed by atoms with E-state index in [9.17, 15) is 18.0 Å². The van der Waals surface area contributed by atoms with E-state index in [1.807, 2.05) is 25.1 Å². The number of hydrogen-bond acceptors (Lipinski definition) is 2. The monoisotopic (exact) mass is 408 g/mol. The molecule has 0 N–H and O–H groups in total. The van der Waals surface area contributed by atoms with Gasteiger partial charge in [0.25, 0.3) is 0 Å². The van der Waals surface area contributed by atoms with Gasteiger partial charge in [-0.25, -0.2) is 0 Å². The van der Waals surface area contributed by atoms with Crippen LogP contribution in [0.2, 0.25) is 5.02 Å². The third kappa shape index (κ3) is 4.87. The number of rotatable bonds is 3. The van der Waals surface area contributed by atoms with E-state index >= 15 is 0 Å². The molecule has 0 unspecified atom stereocenters. The van der Waals surface area contributed by atoms with Crippen LogP contribution in [0, 0.1) is 6.92 Å². The molecule has 2 aromatic carbocycles. The summed E-state index contributed by atoms with van der Waals surface area (Å²) in [7, 11) is 0. The summed E-state index contributed by atoms with van der Waals surface area (Å²) in [6.07, 6.45) is -1.65. The largest absolute Gasteiger partial charge is 0.416 e. The van der Waals surface area contributed by atoms with Gasteiger partial charge in [0.05, 0.1) is 5.56 Å². The Morgan fingerprint density at radius 1 is 1.07 bits per heavy atom. The number of amides is 1. The first-order valence-electron chi connectivity index (χ1n) is 8.89. The molecule has 1 aliphatic heterocycles. The number of anilines is 1. The Labute approximate surface area is 167 Å². The Bertz CT molecular complexity index is 887. The molecular weight excluding hydrogens is 389 g/mol. The average molecular weight is 409 g/mol. The van der Waals surface area contributed by atoms with E-state index in [0.29, 0.717) is 36.8 Å². The van der Waals surface area contributed by atoms with Gasteiger partial charge in [-0.3, -0.25) is 4.79 Å². The molecule has 7 heteroatoms. The summed E-state index contributed by atoms with van der Waals surface area (Å²) in [6, 6.07) is 10.6. The zero-order chi connectivity index (χ0) is 20.3. The van der Waals surface area contributed by atoms with E-state index in [1.54, 1.807) is 11.0 Å². The van der Waals surface area contributed by atoms with E-state index in [4.69, 9.17) is 11.6 Å². The lowest BCUT2D eigenvalue weighted by Crippen LogP contribution is -2.48. The van der Waals surface area contributed by atoms with Crippen LogP contribution in [0.15, 0.2) is 48.5 Å². The van der Waals surface area contributed by atoms with Gasteiger partial charge in [-0.05, 0) is 48.4 Å². The van der Waals surface area contributed by atoms with Crippen molar-refractivity contribution in [2.75, 3.05) is 31.1 Å². The van der Waals surface area contributed by atoms with Crippen molar-refractivity contribution in [1.82, 2.24) is 4.90 Å². The predicted molar refractivity (Wildman–Crippen MR) is 105 cm³/mol. The van der Waals surface area contributed by atoms with Gasteiger partial charge in [0.15, 0.2) is 0 Å². The summed E-state index contributed by atoms with van der Waals surface area (Å²) in [4.78, 5) is 16.3. The Kier molecular flexibility index (Phi) is 5.98. The van der Waals surface area contributed by atoms with Crippen molar-refractivity contribution in [2.45, 2.75) is 13.1 Å². The molecule has 3 rings (SSSR count). The second kappa shape index (κ2) is 8.27. The fraction of sp³-hybridized carbons (Fsp3) is 0.286. The maximum absolute atomic E-state index is 12.8. The molecule has 0 aromatic heterocycles. The van der Waals surface area contributed by atoms with Gasteiger partial charge in [0, 0.05) is 43.0 Å². The molecule has 0 bridgehead atoms. The van der Waals surface area contributed by atoms with E-state index in [2.05, 4.69) is 4.90 Å². The molecule has 2 aromatic rings. The van der Waals surface area contributed by atoms with Gasteiger partial charge in [-0.1, -0.05) is 29.8 Å². The van der Waals surface area contributed by atoms with Crippen molar-refractivity contribution >= 4 is 29.3 Å². The molecule has 1 heterocycles. The maximum atomic E-state index is 12.8. The molecule has 148 valence electrons. The fourth-order valence-corrected chi connectivity index (χ4v) is 3.35. The lowest BCUT2D eigenvalue weighted by Gasteiger charge is -2.36. The van der Waals surface area contributed by atoms with Crippen molar-refractivity contribution in [2.24, 2.45) is 0 Å². The summed E-state index contributed by atoms with van der Waals surface area (Å²) in [5, 5.41) is 0.670. The minimum Gasteiger partial charge on any atom is -0.368 e. The highest BCUT2D eigenvalue weighted by molar-refractivity contribution is 6.30. The van der Waals surface area contributed by atoms with Crippen LogP contribution in [0.3, 0.4) is 0 Å². The van der Waals surface area contributed by atoms with Crippen LogP contribution in [0.25, 0.3) is 6.08 Å². The highest BCUT2D eigenvalue weighted by Crippen LogP contribution is 2.30. The molecule has 1 amide bonds. The van der Waals surface area contributed by atoms with Gasteiger partial charge in [0.2, 0.25) is 5.91 Å². The van der Waals surface area contributed by atoms with Crippen LogP contribution in [0.5, 0.6) is 0 Å². The normalized spacial score (nSPS) is 15.3. The standard InChI is InChI=1S/C21H20ClF3N2O/c1-15-5-7-18(22)14-19(15)26-9-11-27(12-10-26)20(28)8-6-16-3-2-4-17(13-16)21(23,24)25/h2-8,13-14H,9-12H2,1H3/b8-6-. The topological polar surface area (TPSA) is 23.6 Å². The zero-order valence-electron chi connectivity index (χ0n) is 15.3. The minimum atomic E-state index is -4.40. The molecule has 1 fully saturated rings. The van der Waals surface area contributed by atoms with Crippen molar-refractivity contribution in [3.05, 3.63) is 70.3 Å². The highest BCUT2D eigenvalue weighted by Gasteiger charge is 2.30. The smallest absolute Gasteiger partial charge is 0.368 e. The number of aryl methyl sites for hydroxylation is 1. The molecular formula is C21H20ClF3N2O. The molecule has 0 aliphatic carbocycles. The summed E-state index contributed by atoms with van der Waals surface area (Å²) in [6.45, 7) is 4.44. The van der Waals surface area contributed by atoms with Gasteiger partial charge in [-0.15, -0.1) is 0 Å². The molecule has 0 atom stereocenters. The lowest BCUT2D eigenvalue weighted by molar-refractivity contribution is -0.137. The first kappa shape index (κ1) is 20.3. The quantitative estimate of drug-likeness (QED) is 0.665. The summed E-state index contributed by atoms with van der Waals surface area (Å²) < 4.78 is 38.3. The summed E-state index contributed by atoms with van der Waals surface area (Å²) in [5.74, 6) is -0.208. The minimum absolute atomic E-state index is 0.208. The van der Waals surface area contributed by atoms with Crippen LogP contribution in [-0.2, 0) is 11.0 Å². The Balaban J connectivity index is 1.61. The number of carbonyl (C=O) groups excluding carboxylic acids is 1. The van der Waals surface area contributed by atoms with E-state index < -0.39 is 11.7 Å². The predicted octanol–water partition coefficient (Wildman–Crippen LogP) is 5.03. The van der Waals surface area contributed by atoms with Crippen LogP contribution in [-0.4, -0.2) is 37.0 Å². The van der Waals surface area contributed by atoms with Gasteiger partial charge in [-0.2, -0.15) is 13.2 Å². The zero-order valence-corrected chi connectivity index (χ0v) is 16.1. The third-order valence-electron chi connectivity index (χ3n) is 4.74. The van der Waals surface area contributed by atoms with Crippen LogP contribution in [0.4, 0.5) is 18.9 Å². The molecule has 0 spiro atoms. The SMILES string of the molecule is Cc1ccc(Cl)cc1N1CCN(C(=O)/C=C\c2cccc(C(F)(F)F)c2)CC1. The number of nitrogens with zero attached hydrogens (tertiary/aromatic N) is 2. The number of alkyl halides is 3. The second-order valence-corrected chi connectivity index (χ2v) is 7.14. The summed E-state index contributed by atoms with van der Waals surface area (Å²) >= 11 is 6.08. The van der Waals surface area contributed by atoms with E-state index in [-0.39, 0.29) is 5.91 Å². The number of carbonyl (C=O) groups is 1.